The molecule has 0 unspecified atom stereocenters. The van der Waals surface area contributed by atoms with Gasteiger partial charge in [0.25, 0.3) is 0 Å². The van der Waals surface area contributed by atoms with E-state index in [0.29, 0.717) is 10.9 Å². The largest absolute Gasteiger partial charge is 0.466 e. The van der Waals surface area contributed by atoms with Gasteiger partial charge in [-0.1, -0.05) is 6.07 Å². The zero-order valence-electron chi connectivity index (χ0n) is 18.6. The lowest BCUT2D eigenvalue weighted by Gasteiger charge is -2.19. The van der Waals surface area contributed by atoms with E-state index in [1.54, 1.807) is 45.9 Å². The van der Waals surface area contributed by atoms with Crippen LogP contribution in [0.3, 0.4) is 0 Å². The van der Waals surface area contributed by atoms with E-state index in [1.165, 1.54) is 16.8 Å². The predicted octanol–water partition coefficient (Wildman–Crippen LogP) is 5.37. The summed E-state index contributed by atoms with van der Waals surface area (Å²) in [6.07, 6.45) is 0.434. The van der Waals surface area contributed by atoms with Crippen molar-refractivity contribution in [3.8, 4) is 11.5 Å². The van der Waals surface area contributed by atoms with Gasteiger partial charge in [-0.15, -0.1) is 0 Å². The van der Waals surface area contributed by atoms with Crippen LogP contribution < -0.4 is 4.74 Å². The minimum absolute atomic E-state index is 0.0880. The SMILES string of the molecule is CCOC(=O)Cc1ccc([N+](=O)[O-])c(Oc2cccc3c2ccn3C(=O)OC(C)(C)C)c1F. The number of halogens is 1. The summed E-state index contributed by atoms with van der Waals surface area (Å²) in [4.78, 5) is 35.0. The Balaban J connectivity index is 2.03. The van der Waals surface area contributed by atoms with E-state index < -0.39 is 46.3 Å². The number of aromatic nitrogens is 1. The molecule has 9 nitrogen and oxygen atoms in total. The zero-order valence-corrected chi connectivity index (χ0v) is 18.6. The lowest BCUT2D eigenvalue weighted by Crippen LogP contribution is -2.26. The van der Waals surface area contributed by atoms with Crippen LogP contribution in [0.5, 0.6) is 11.5 Å². The molecule has 0 amide bonds. The van der Waals surface area contributed by atoms with Crippen molar-refractivity contribution in [2.24, 2.45) is 0 Å². The van der Waals surface area contributed by atoms with Crippen molar-refractivity contribution in [2.75, 3.05) is 6.61 Å². The van der Waals surface area contributed by atoms with Gasteiger partial charge in [-0.2, -0.15) is 0 Å². The summed E-state index contributed by atoms with van der Waals surface area (Å²) in [7, 11) is 0. The summed E-state index contributed by atoms with van der Waals surface area (Å²) in [5.41, 5.74) is -1.02. The molecule has 1 heterocycles. The minimum atomic E-state index is -1.04. The number of nitrogens with zero attached hydrogens (tertiary/aromatic N) is 2. The van der Waals surface area contributed by atoms with Gasteiger partial charge >= 0.3 is 17.7 Å². The van der Waals surface area contributed by atoms with Crippen molar-refractivity contribution >= 4 is 28.7 Å². The molecule has 0 fully saturated rings. The topological polar surface area (TPSA) is 110 Å². The molecular formula is C23H23FN2O7. The lowest BCUT2D eigenvalue weighted by molar-refractivity contribution is -0.385. The third kappa shape index (κ3) is 5.28. The summed E-state index contributed by atoms with van der Waals surface area (Å²) in [5.74, 6) is -2.27. The molecule has 2 aromatic carbocycles. The van der Waals surface area contributed by atoms with Crippen molar-refractivity contribution in [3.05, 3.63) is 64.1 Å². The third-order valence-electron chi connectivity index (χ3n) is 4.49. The number of hydrogen-bond donors (Lipinski definition) is 0. The average Bonchev–Trinajstić information content (AvgIpc) is 3.15. The highest BCUT2D eigenvalue weighted by atomic mass is 19.1. The second-order valence-electron chi connectivity index (χ2n) is 8.08. The van der Waals surface area contributed by atoms with Crippen LogP contribution in [0.15, 0.2) is 42.6 Å². The fourth-order valence-corrected chi connectivity index (χ4v) is 3.14. The van der Waals surface area contributed by atoms with Crippen LogP contribution in [0, 0.1) is 15.9 Å². The van der Waals surface area contributed by atoms with Crippen molar-refractivity contribution in [1.82, 2.24) is 4.57 Å². The quantitative estimate of drug-likeness (QED) is 0.277. The van der Waals surface area contributed by atoms with Gasteiger partial charge in [0, 0.05) is 23.2 Å². The van der Waals surface area contributed by atoms with E-state index in [4.69, 9.17) is 14.2 Å². The highest BCUT2D eigenvalue weighted by Crippen LogP contribution is 2.38. The molecule has 0 saturated carbocycles. The fourth-order valence-electron chi connectivity index (χ4n) is 3.14. The summed E-state index contributed by atoms with van der Waals surface area (Å²) < 4.78 is 32.3. The number of rotatable bonds is 6. The molecule has 0 saturated heterocycles. The average molecular weight is 458 g/mol. The Labute approximate surface area is 188 Å². The Bertz CT molecular complexity index is 1230. The molecule has 0 bridgehead atoms. The first-order valence-corrected chi connectivity index (χ1v) is 10.1. The first-order chi connectivity index (χ1) is 15.5. The van der Waals surface area contributed by atoms with Crippen molar-refractivity contribution in [3.63, 3.8) is 0 Å². The first kappa shape index (κ1) is 23.7. The second-order valence-corrected chi connectivity index (χ2v) is 8.08. The summed E-state index contributed by atoms with van der Waals surface area (Å²) in [6, 6.07) is 8.46. The molecule has 0 spiro atoms. The number of fused-ring (bicyclic) bond motifs is 1. The molecule has 0 atom stereocenters. The number of benzene rings is 2. The van der Waals surface area contributed by atoms with Crippen molar-refractivity contribution in [2.45, 2.75) is 39.7 Å². The number of nitro benzene ring substituents is 1. The van der Waals surface area contributed by atoms with Crippen LogP contribution >= 0.6 is 0 Å². The Kier molecular flexibility index (Phi) is 6.66. The van der Waals surface area contributed by atoms with Gasteiger partial charge in [-0.05, 0) is 52.0 Å². The number of nitro groups is 1. The normalized spacial score (nSPS) is 11.3. The molecular weight excluding hydrogens is 435 g/mol. The standard InChI is InChI=1S/C23H23FN2O7/c1-5-31-19(27)13-14-9-10-17(26(29)30)21(20(14)24)32-18-8-6-7-16-15(18)11-12-25(16)22(28)33-23(2,3)4/h6-12H,5,13H2,1-4H3. The van der Waals surface area contributed by atoms with E-state index in [2.05, 4.69) is 0 Å². The van der Waals surface area contributed by atoms with Crippen LogP contribution in [-0.2, 0) is 20.7 Å². The van der Waals surface area contributed by atoms with E-state index in [-0.39, 0.29) is 17.9 Å². The maximum atomic E-state index is 15.2. The molecule has 0 radical (unpaired) electrons. The molecule has 0 aliphatic heterocycles. The molecule has 0 aliphatic rings. The van der Waals surface area contributed by atoms with Gasteiger partial charge < -0.3 is 14.2 Å². The van der Waals surface area contributed by atoms with Gasteiger partial charge in [-0.25, -0.2) is 9.18 Å². The van der Waals surface area contributed by atoms with E-state index in [1.807, 2.05) is 0 Å². The number of carbonyl (C=O) groups is 2. The van der Waals surface area contributed by atoms with Crippen LogP contribution in [0.2, 0.25) is 0 Å². The third-order valence-corrected chi connectivity index (χ3v) is 4.49. The Hall–Kier alpha value is -3.95. The van der Waals surface area contributed by atoms with Crippen LogP contribution in [0.1, 0.15) is 33.3 Å². The number of ether oxygens (including phenoxy) is 3. The minimum Gasteiger partial charge on any atom is -0.466 e. The maximum Gasteiger partial charge on any atom is 0.418 e. The van der Waals surface area contributed by atoms with Crippen molar-refractivity contribution in [1.29, 1.82) is 0 Å². The molecule has 3 aromatic rings. The van der Waals surface area contributed by atoms with E-state index in [0.717, 1.165) is 12.1 Å². The molecule has 0 aliphatic carbocycles. The summed E-state index contributed by atoms with van der Waals surface area (Å²) in [5, 5.41) is 11.9. The Morgan fingerprint density at radius 1 is 1.15 bits per heavy atom. The van der Waals surface area contributed by atoms with Gasteiger partial charge in [0.1, 0.15) is 11.4 Å². The van der Waals surface area contributed by atoms with Crippen molar-refractivity contribution < 1.29 is 33.1 Å². The molecule has 33 heavy (non-hydrogen) atoms. The second kappa shape index (κ2) is 9.27. The van der Waals surface area contributed by atoms with E-state index in [9.17, 15) is 19.7 Å². The van der Waals surface area contributed by atoms with Gasteiger partial charge in [0.05, 0.1) is 23.5 Å². The summed E-state index contributed by atoms with van der Waals surface area (Å²) in [6.45, 7) is 6.93. The van der Waals surface area contributed by atoms with Gasteiger partial charge in [-0.3, -0.25) is 19.5 Å². The predicted molar refractivity (Wildman–Crippen MR) is 117 cm³/mol. The number of hydrogen-bond acceptors (Lipinski definition) is 7. The highest BCUT2D eigenvalue weighted by molar-refractivity contribution is 5.93. The fraction of sp³-hybridized carbons (Fsp3) is 0.304. The van der Waals surface area contributed by atoms with E-state index >= 15 is 4.39 Å². The number of carbonyl (C=O) groups excluding carboxylic acids is 2. The first-order valence-electron chi connectivity index (χ1n) is 10.1. The molecule has 0 N–H and O–H groups in total. The van der Waals surface area contributed by atoms with Crippen LogP contribution in [0.25, 0.3) is 10.9 Å². The maximum absolute atomic E-state index is 15.2. The highest BCUT2D eigenvalue weighted by Gasteiger charge is 2.26. The molecule has 174 valence electrons. The Morgan fingerprint density at radius 3 is 2.52 bits per heavy atom. The molecule has 1 aromatic heterocycles. The van der Waals surface area contributed by atoms with Gasteiger partial charge in [0.2, 0.25) is 5.75 Å². The number of esters is 1. The molecule has 10 heteroatoms. The summed E-state index contributed by atoms with van der Waals surface area (Å²) >= 11 is 0. The van der Waals surface area contributed by atoms with Gasteiger partial charge in [0.15, 0.2) is 5.82 Å². The zero-order chi connectivity index (χ0) is 24.3. The molecule has 3 rings (SSSR count). The Morgan fingerprint density at radius 2 is 1.88 bits per heavy atom. The van der Waals surface area contributed by atoms with Crippen LogP contribution in [0.4, 0.5) is 14.9 Å². The lowest BCUT2D eigenvalue weighted by atomic mass is 10.1. The van der Waals surface area contributed by atoms with Crippen LogP contribution in [-0.4, -0.2) is 33.8 Å². The smallest absolute Gasteiger partial charge is 0.418 e. The monoisotopic (exact) mass is 458 g/mol.